The second-order valence-electron chi connectivity index (χ2n) is 4.05. The number of thiophene rings is 1. The smallest absolute Gasteiger partial charge is 0.127 e. The van der Waals surface area contributed by atoms with Gasteiger partial charge in [0.25, 0.3) is 0 Å². The van der Waals surface area contributed by atoms with Gasteiger partial charge in [-0.3, -0.25) is 0 Å². The van der Waals surface area contributed by atoms with Crippen molar-refractivity contribution in [2.75, 3.05) is 0 Å². The zero-order valence-electron chi connectivity index (χ0n) is 9.77. The van der Waals surface area contributed by atoms with E-state index in [1.54, 1.807) is 11.3 Å². The Kier molecular flexibility index (Phi) is 2.41. The van der Waals surface area contributed by atoms with Crippen LogP contribution < -0.4 is 0 Å². The Balaban J connectivity index is 2.32. The Labute approximate surface area is 104 Å². The average molecular weight is 240 g/mol. The van der Waals surface area contributed by atoms with Gasteiger partial charge in [0, 0.05) is 16.3 Å². The molecule has 0 N–H and O–H groups in total. The minimum absolute atomic E-state index is 0.844. The predicted octanol–water partition coefficient (Wildman–Crippen LogP) is 3.98. The van der Waals surface area contributed by atoms with Crippen molar-refractivity contribution in [3.63, 3.8) is 0 Å². The van der Waals surface area contributed by atoms with Crippen LogP contribution in [0.15, 0.2) is 35.7 Å². The van der Waals surface area contributed by atoms with E-state index in [9.17, 15) is 0 Å². The van der Waals surface area contributed by atoms with E-state index in [1.165, 1.54) is 16.5 Å². The minimum Gasteiger partial charge on any atom is -0.238 e. The zero-order valence-corrected chi connectivity index (χ0v) is 10.6. The number of aryl methyl sites for hydroxylation is 2. The Morgan fingerprint density at radius 2 is 1.76 bits per heavy atom. The molecule has 0 bridgehead atoms. The quantitative estimate of drug-likeness (QED) is 0.643. The fraction of sp³-hybridized carbons (Fsp3) is 0.143. The van der Waals surface area contributed by atoms with Crippen molar-refractivity contribution >= 4 is 21.6 Å². The summed E-state index contributed by atoms with van der Waals surface area (Å²) >= 11 is 1.69. The van der Waals surface area contributed by atoms with Crippen molar-refractivity contribution in [2.45, 2.75) is 13.8 Å². The maximum Gasteiger partial charge on any atom is 0.127 e. The lowest BCUT2D eigenvalue weighted by Gasteiger charge is -2.02. The number of aromatic nitrogens is 2. The van der Waals surface area contributed by atoms with Crippen molar-refractivity contribution in [3.05, 3.63) is 47.2 Å². The van der Waals surface area contributed by atoms with Crippen LogP contribution in [0.3, 0.4) is 0 Å². The molecular weight excluding hydrogens is 228 g/mol. The fourth-order valence-electron chi connectivity index (χ4n) is 2.08. The molecule has 0 spiro atoms. The van der Waals surface area contributed by atoms with Gasteiger partial charge < -0.3 is 0 Å². The molecule has 84 valence electrons. The van der Waals surface area contributed by atoms with Crippen LogP contribution in [0.5, 0.6) is 0 Å². The first kappa shape index (κ1) is 10.4. The van der Waals surface area contributed by atoms with E-state index in [2.05, 4.69) is 46.5 Å². The van der Waals surface area contributed by atoms with Gasteiger partial charge in [0.15, 0.2) is 0 Å². The molecule has 2 aromatic heterocycles. The second kappa shape index (κ2) is 3.93. The first-order chi connectivity index (χ1) is 8.25. The monoisotopic (exact) mass is 240 g/mol. The lowest BCUT2D eigenvalue weighted by Crippen LogP contribution is -1.91. The molecule has 0 aliphatic heterocycles. The summed E-state index contributed by atoms with van der Waals surface area (Å²) in [6.07, 6.45) is 0. The molecular formula is C14H12N2S. The number of nitrogens with zero attached hydrogens (tertiary/aromatic N) is 2. The fourth-order valence-corrected chi connectivity index (χ4v) is 3.12. The highest BCUT2D eigenvalue weighted by Crippen LogP contribution is 2.34. The molecule has 0 radical (unpaired) electrons. The van der Waals surface area contributed by atoms with Crippen LogP contribution in [0, 0.1) is 13.8 Å². The van der Waals surface area contributed by atoms with Gasteiger partial charge in [-0.2, -0.15) is 0 Å². The van der Waals surface area contributed by atoms with Crippen molar-refractivity contribution in [2.24, 2.45) is 0 Å². The Morgan fingerprint density at radius 3 is 2.53 bits per heavy atom. The molecule has 3 aromatic rings. The average Bonchev–Trinajstić information content (AvgIpc) is 2.74. The molecule has 0 saturated carbocycles. The van der Waals surface area contributed by atoms with Gasteiger partial charge in [0.1, 0.15) is 10.7 Å². The highest BCUT2D eigenvalue weighted by molar-refractivity contribution is 7.17. The summed E-state index contributed by atoms with van der Waals surface area (Å²) in [5, 5.41) is 3.35. The molecule has 2 nitrogen and oxygen atoms in total. The normalized spacial score (nSPS) is 10.9. The molecule has 3 heteroatoms. The Bertz CT molecular complexity index is 671. The van der Waals surface area contributed by atoms with Crippen LogP contribution in [-0.2, 0) is 0 Å². The van der Waals surface area contributed by atoms with Crippen LogP contribution >= 0.6 is 11.3 Å². The summed E-state index contributed by atoms with van der Waals surface area (Å²) in [5.41, 5.74) is 3.53. The van der Waals surface area contributed by atoms with E-state index in [0.717, 1.165) is 16.3 Å². The molecule has 1 aromatic carbocycles. The predicted molar refractivity (Wildman–Crippen MR) is 72.3 cm³/mol. The number of hydrogen-bond acceptors (Lipinski definition) is 3. The first-order valence-electron chi connectivity index (χ1n) is 5.53. The third kappa shape index (κ3) is 1.72. The summed E-state index contributed by atoms with van der Waals surface area (Å²) in [5.74, 6) is 0.844. The van der Waals surface area contributed by atoms with E-state index in [4.69, 9.17) is 0 Å². The summed E-state index contributed by atoms with van der Waals surface area (Å²) in [6, 6.07) is 10.4. The molecule has 0 saturated heterocycles. The van der Waals surface area contributed by atoms with E-state index in [-0.39, 0.29) is 0 Å². The summed E-state index contributed by atoms with van der Waals surface area (Å²) in [6.45, 7) is 3.99. The maximum absolute atomic E-state index is 4.49. The Morgan fingerprint density at radius 1 is 1.00 bits per heavy atom. The lowest BCUT2D eigenvalue weighted by atomic mass is 10.1. The molecule has 0 fully saturated rings. The number of rotatable bonds is 1. The summed E-state index contributed by atoms with van der Waals surface area (Å²) in [7, 11) is 0. The number of fused-ring (bicyclic) bond motifs is 1. The molecule has 0 unspecified atom stereocenters. The lowest BCUT2D eigenvalue weighted by molar-refractivity contribution is 1.06. The van der Waals surface area contributed by atoms with E-state index < -0.39 is 0 Å². The Hall–Kier alpha value is -1.74. The van der Waals surface area contributed by atoms with Gasteiger partial charge in [-0.05, 0) is 19.4 Å². The first-order valence-corrected chi connectivity index (χ1v) is 6.41. The third-order valence-electron chi connectivity index (χ3n) is 2.81. The SMILES string of the molecule is Cc1nc(C)c2c(-c3ccccc3)csc2n1. The number of benzene rings is 1. The highest BCUT2D eigenvalue weighted by atomic mass is 32.1. The van der Waals surface area contributed by atoms with Gasteiger partial charge in [-0.15, -0.1) is 11.3 Å². The van der Waals surface area contributed by atoms with Gasteiger partial charge in [-0.1, -0.05) is 30.3 Å². The minimum atomic E-state index is 0.844. The van der Waals surface area contributed by atoms with Gasteiger partial charge >= 0.3 is 0 Å². The zero-order chi connectivity index (χ0) is 11.8. The van der Waals surface area contributed by atoms with Gasteiger partial charge in [-0.25, -0.2) is 9.97 Å². The van der Waals surface area contributed by atoms with E-state index in [0.29, 0.717) is 0 Å². The van der Waals surface area contributed by atoms with Crippen molar-refractivity contribution in [1.29, 1.82) is 0 Å². The third-order valence-corrected chi connectivity index (χ3v) is 3.68. The van der Waals surface area contributed by atoms with Crippen molar-refractivity contribution in [1.82, 2.24) is 9.97 Å². The molecule has 3 rings (SSSR count). The maximum atomic E-state index is 4.49. The van der Waals surface area contributed by atoms with Crippen LogP contribution in [0.2, 0.25) is 0 Å². The molecule has 0 amide bonds. The molecule has 2 heterocycles. The van der Waals surface area contributed by atoms with Crippen LogP contribution in [0.1, 0.15) is 11.5 Å². The molecule has 0 aliphatic rings. The van der Waals surface area contributed by atoms with Gasteiger partial charge in [0.2, 0.25) is 0 Å². The van der Waals surface area contributed by atoms with Crippen molar-refractivity contribution in [3.8, 4) is 11.1 Å². The van der Waals surface area contributed by atoms with Crippen LogP contribution in [-0.4, -0.2) is 9.97 Å². The summed E-state index contributed by atoms with van der Waals surface area (Å²) < 4.78 is 0. The second-order valence-corrected chi connectivity index (χ2v) is 4.91. The van der Waals surface area contributed by atoms with E-state index >= 15 is 0 Å². The highest BCUT2D eigenvalue weighted by Gasteiger charge is 2.11. The largest absolute Gasteiger partial charge is 0.238 e. The topological polar surface area (TPSA) is 25.8 Å². The molecule has 0 aliphatic carbocycles. The van der Waals surface area contributed by atoms with Crippen molar-refractivity contribution < 1.29 is 0 Å². The van der Waals surface area contributed by atoms with Crippen LogP contribution in [0.4, 0.5) is 0 Å². The van der Waals surface area contributed by atoms with Gasteiger partial charge in [0.05, 0.1) is 5.69 Å². The summed E-state index contributed by atoms with van der Waals surface area (Å²) in [4.78, 5) is 10.0. The number of hydrogen-bond donors (Lipinski definition) is 0. The molecule has 0 atom stereocenters. The molecule has 17 heavy (non-hydrogen) atoms. The standard InChI is InChI=1S/C14H12N2S/c1-9-13-12(11-6-4-3-5-7-11)8-17-14(13)16-10(2)15-9/h3-8H,1-2H3. The van der Waals surface area contributed by atoms with E-state index in [1.807, 2.05) is 13.0 Å². The van der Waals surface area contributed by atoms with Crippen LogP contribution in [0.25, 0.3) is 21.3 Å².